The fourth-order valence-electron chi connectivity index (χ4n) is 3.79. The van der Waals surface area contributed by atoms with E-state index in [1.807, 2.05) is 13.0 Å². The summed E-state index contributed by atoms with van der Waals surface area (Å²) in [5.41, 5.74) is 2.72. The van der Waals surface area contributed by atoms with Gasteiger partial charge in [-0.3, -0.25) is 9.69 Å². The van der Waals surface area contributed by atoms with E-state index in [9.17, 15) is 4.79 Å². The van der Waals surface area contributed by atoms with Crippen LogP contribution in [0.25, 0.3) is 0 Å². The summed E-state index contributed by atoms with van der Waals surface area (Å²) >= 11 is 0. The van der Waals surface area contributed by atoms with Crippen LogP contribution < -0.4 is 5.32 Å². The number of fused-ring (bicyclic) bond motifs is 1. The second-order valence-electron chi connectivity index (χ2n) is 6.91. The number of nitrogens with one attached hydrogen (secondary N) is 1. The predicted molar refractivity (Wildman–Crippen MR) is 86.7 cm³/mol. The van der Waals surface area contributed by atoms with Gasteiger partial charge in [0.15, 0.2) is 0 Å². The molecule has 0 radical (unpaired) electrons. The Morgan fingerprint density at radius 1 is 1.45 bits per heavy atom. The van der Waals surface area contributed by atoms with Gasteiger partial charge < -0.3 is 10.1 Å². The lowest BCUT2D eigenvalue weighted by atomic mass is 9.85. The number of carbonyl (C=O) groups is 1. The van der Waals surface area contributed by atoms with E-state index < -0.39 is 0 Å². The molecule has 3 rings (SSSR count). The van der Waals surface area contributed by atoms with Crippen LogP contribution in [0, 0.1) is 5.41 Å². The summed E-state index contributed by atoms with van der Waals surface area (Å²) in [6.07, 6.45) is 1.20. The molecule has 4 nitrogen and oxygen atoms in total. The average molecular weight is 302 g/mol. The van der Waals surface area contributed by atoms with Crippen LogP contribution in [0.4, 0.5) is 0 Å². The Balaban J connectivity index is 1.80. The van der Waals surface area contributed by atoms with Gasteiger partial charge in [-0.15, -0.1) is 0 Å². The Hall–Kier alpha value is -1.39. The molecule has 0 spiro atoms. The fourth-order valence-corrected chi connectivity index (χ4v) is 3.79. The molecule has 2 aliphatic heterocycles. The zero-order valence-corrected chi connectivity index (χ0v) is 13.6. The second-order valence-corrected chi connectivity index (χ2v) is 6.91. The van der Waals surface area contributed by atoms with E-state index in [0.29, 0.717) is 12.0 Å². The van der Waals surface area contributed by atoms with Crippen LogP contribution in [0.5, 0.6) is 0 Å². The number of ether oxygens (including phenoxy) is 1. The molecule has 2 aliphatic rings. The number of benzene rings is 1. The van der Waals surface area contributed by atoms with Crippen LogP contribution in [0.15, 0.2) is 24.3 Å². The van der Waals surface area contributed by atoms with Crippen molar-refractivity contribution >= 4 is 5.97 Å². The number of hydrogen-bond donors (Lipinski definition) is 1. The minimum atomic E-state index is -0.150. The summed E-state index contributed by atoms with van der Waals surface area (Å²) < 4.78 is 5.30. The van der Waals surface area contributed by atoms with E-state index in [1.54, 1.807) is 0 Å². The first-order chi connectivity index (χ1) is 10.6. The molecule has 120 valence electrons. The number of esters is 1. The van der Waals surface area contributed by atoms with Gasteiger partial charge in [0.2, 0.25) is 0 Å². The van der Waals surface area contributed by atoms with Crippen LogP contribution in [-0.2, 0) is 16.1 Å². The zero-order valence-electron chi connectivity index (χ0n) is 13.6. The van der Waals surface area contributed by atoms with Gasteiger partial charge in [-0.1, -0.05) is 31.2 Å². The lowest BCUT2D eigenvalue weighted by Crippen LogP contribution is -2.43. The minimum absolute atomic E-state index is 0.0886. The number of carbonyl (C=O) groups excluding carboxylic acids is 1. The molecule has 0 aliphatic carbocycles. The number of nitrogens with zero attached hydrogens (tertiary/aromatic N) is 1. The summed E-state index contributed by atoms with van der Waals surface area (Å²) in [4.78, 5) is 14.8. The van der Waals surface area contributed by atoms with Crippen molar-refractivity contribution in [2.45, 2.75) is 32.7 Å². The normalized spacial score (nSPS) is 28.4. The van der Waals surface area contributed by atoms with Crippen molar-refractivity contribution in [2.75, 3.05) is 32.8 Å². The fraction of sp³-hybridized carbons (Fsp3) is 0.611. The standard InChI is InChI=1S/C18H26N2O2/c1-3-22-17(21)16-11-20(13-18(2)8-9-19-12-18)10-14-6-4-5-7-15(14)16/h4-7,16,19H,3,8-13H2,1-2H3. The topological polar surface area (TPSA) is 41.6 Å². The van der Waals surface area contributed by atoms with E-state index >= 15 is 0 Å². The van der Waals surface area contributed by atoms with Crippen LogP contribution in [0.1, 0.15) is 37.3 Å². The first-order valence-electron chi connectivity index (χ1n) is 8.29. The Kier molecular flexibility index (Phi) is 4.50. The molecule has 0 saturated carbocycles. The van der Waals surface area contributed by atoms with Gasteiger partial charge in [0.1, 0.15) is 0 Å². The van der Waals surface area contributed by atoms with Gasteiger partial charge in [0.25, 0.3) is 0 Å². The smallest absolute Gasteiger partial charge is 0.314 e. The molecule has 1 N–H and O–H groups in total. The summed E-state index contributed by atoms with van der Waals surface area (Å²) in [7, 11) is 0. The minimum Gasteiger partial charge on any atom is -0.465 e. The third-order valence-electron chi connectivity index (χ3n) is 4.90. The van der Waals surface area contributed by atoms with Crippen molar-refractivity contribution in [2.24, 2.45) is 5.41 Å². The zero-order chi connectivity index (χ0) is 15.6. The van der Waals surface area contributed by atoms with Gasteiger partial charge in [-0.05, 0) is 36.4 Å². The maximum atomic E-state index is 12.4. The van der Waals surface area contributed by atoms with Crippen molar-refractivity contribution in [1.82, 2.24) is 10.2 Å². The van der Waals surface area contributed by atoms with Crippen molar-refractivity contribution in [3.63, 3.8) is 0 Å². The molecule has 2 heterocycles. The Bertz CT molecular complexity index is 538. The highest BCUT2D eigenvalue weighted by molar-refractivity contribution is 5.79. The van der Waals surface area contributed by atoms with Crippen LogP contribution in [0.2, 0.25) is 0 Å². The highest BCUT2D eigenvalue weighted by Gasteiger charge is 2.36. The monoisotopic (exact) mass is 302 g/mol. The molecule has 22 heavy (non-hydrogen) atoms. The lowest BCUT2D eigenvalue weighted by molar-refractivity contribution is -0.146. The molecule has 0 amide bonds. The Morgan fingerprint density at radius 3 is 3.00 bits per heavy atom. The predicted octanol–water partition coefficient (Wildman–Crippen LogP) is 2.15. The molecule has 0 aromatic heterocycles. The quantitative estimate of drug-likeness (QED) is 0.865. The summed E-state index contributed by atoms with van der Waals surface area (Å²) in [6, 6.07) is 8.29. The van der Waals surface area contributed by atoms with Gasteiger partial charge in [0.05, 0.1) is 12.5 Å². The van der Waals surface area contributed by atoms with Crippen LogP contribution in [-0.4, -0.2) is 43.7 Å². The van der Waals surface area contributed by atoms with E-state index in [4.69, 9.17) is 4.74 Å². The van der Waals surface area contributed by atoms with Gasteiger partial charge in [-0.25, -0.2) is 0 Å². The van der Waals surface area contributed by atoms with Gasteiger partial charge >= 0.3 is 5.97 Å². The molecule has 1 saturated heterocycles. The number of hydrogen-bond acceptors (Lipinski definition) is 4. The number of rotatable bonds is 4. The molecule has 4 heteroatoms. The first-order valence-corrected chi connectivity index (χ1v) is 8.29. The van der Waals surface area contributed by atoms with Crippen molar-refractivity contribution in [1.29, 1.82) is 0 Å². The lowest BCUT2D eigenvalue weighted by Gasteiger charge is -2.38. The second kappa shape index (κ2) is 6.39. The van der Waals surface area contributed by atoms with E-state index in [1.165, 1.54) is 12.0 Å². The van der Waals surface area contributed by atoms with E-state index in [-0.39, 0.29) is 11.9 Å². The molecular formula is C18H26N2O2. The molecule has 2 atom stereocenters. The highest BCUT2D eigenvalue weighted by atomic mass is 16.5. The Morgan fingerprint density at radius 2 is 2.27 bits per heavy atom. The van der Waals surface area contributed by atoms with E-state index in [2.05, 4.69) is 35.3 Å². The Labute approximate surface area is 132 Å². The maximum absolute atomic E-state index is 12.4. The van der Waals surface area contributed by atoms with Crippen LogP contribution in [0.3, 0.4) is 0 Å². The van der Waals surface area contributed by atoms with Gasteiger partial charge in [0, 0.05) is 26.2 Å². The van der Waals surface area contributed by atoms with Gasteiger partial charge in [-0.2, -0.15) is 0 Å². The molecular weight excluding hydrogens is 276 g/mol. The van der Waals surface area contributed by atoms with Crippen molar-refractivity contribution < 1.29 is 9.53 Å². The third-order valence-corrected chi connectivity index (χ3v) is 4.90. The first kappa shape index (κ1) is 15.5. The molecule has 1 fully saturated rings. The third kappa shape index (κ3) is 3.18. The highest BCUT2D eigenvalue weighted by Crippen LogP contribution is 2.33. The molecule has 1 aromatic rings. The SMILES string of the molecule is CCOC(=O)C1CN(CC2(C)CCNC2)Cc2ccccc21. The summed E-state index contributed by atoms with van der Waals surface area (Å²) in [5.74, 6) is -0.239. The molecule has 2 unspecified atom stereocenters. The largest absolute Gasteiger partial charge is 0.465 e. The molecule has 1 aromatic carbocycles. The van der Waals surface area contributed by atoms with Crippen molar-refractivity contribution in [3.8, 4) is 0 Å². The molecule has 0 bridgehead atoms. The average Bonchev–Trinajstić information content (AvgIpc) is 2.93. The van der Waals surface area contributed by atoms with E-state index in [0.717, 1.165) is 38.3 Å². The van der Waals surface area contributed by atoms with Crippen molar-refractivity contribution in [3.05, 3.63) is 35.4 Å². The summed E-state index contributed by atoms with van der Waals surface area (Å²) in [6.45, 7) is 9.55. The maximum Gasteiger partial charge on any atom is 0.314 e. The summed E-state index contributed by atoms with van der Waals surface area (Å²) in [5, 5.41) is 3.46. The van der Waals surface area contributed by atoms with Crippen LogP contribution >= 0.6 is 0 Å².